The molecule has 0 bridgehead atoms. The normalized spacial score (nSPS) is 15.1. The Hall–Kier alpha value is -2.93. The average Bonchev–Trinajstić information content (AvgIpc) is 3.33. The second-order valence-electron chi connectivity index (χ2n) is 6.43. The van der Waals surface area contributed by atoms with Crippen molar-refractivity contribution in [3.63, 3.8) is 0 Å². The van der Waals surface area contributed by atoms with E-state index in [4.69, 9.17) is 4.42 Å². The van der Waals surface area contributed by atoms with Gasteiger partial charge in [0.2, 0.25) is 0 Å². The molecule has 3 aromatic rings. The number of aromatic amines is 1. The molecule has 26 heavy (non-hydrogen) atoms. The molecule has 4 heterocycles. The van der Waals surface area contributed by atoms with Crippen LogP contribution in [0.2, 0.25) is 0 Å². The molecular formula is C19H21N5O2. The molecule has 0 unspecified atom stereocenters. The van der Waals surface area contributed by atoms with Gasteiger partial charge in [0.05, 0.1) is 24.1 Å². The molecule has 3 aromatic heterocycles. The van der Waals surface area contributed by atoms with Crippen LogP contribution in [0.1, 0.15) is 35.6 Å². The maximum absolute atomic E-state index is 12.5. The van der Waals surface area contributed by atoms with Crippen LogP contribution in [0.5, 0.6) is 0 Å². The fraction of sp³-hybridized carbons (Fsp3) is 0.316. The van der Waals surface area contributed by atoms with Gasteiger partial charge in [-0.25, -0.2) is 0 Å². The highest BCUT2D eigenvalue weighted by atomic mass is 16.4. The van der Waals surface area contributed by atoms with Crippen LogP contribution in [-0.2, 0) is 6.54 Å². The molecule has 0 aliphatic carbocycles. The number of rotatable bonds is 5. The molecule has 1 aliphatic rings. The molecule has 4 rings (SSSR count). The Labute approximate surface area is 151 Å². The lowest BCUT2D eigenvalue weighted by Gasteiger charge is -2.25. The molecule has 0 aromatic carbocycles. The SMILES string of the molecule is O=C(Nc1cn[nH]c1-c1ccccn1)c1ccc(CN2CCCCC2)o1. The molecule has 0 atom stereocenters. The Bertz CT molecular complexity index is 865. The van der Waals surface area contributed by atoms with Gasteiger partial charge in [0.1, 0.15) is 11.5 Å². The largest absolute Gasteiger partial charge is 0.455 e. The Kier molecular flexibility index (Phi) is 4.79. The third kappa shape index (κ3) is 3.67. The molecule has 2 N–H and O–H groups in total. The maximum Gasteiger partial charge on any atom is 0.291 e. The predicted octanol–water partition coefficient (Wildman–Crippen LogP) is 3.30. The molecule has 0 radical (unpaired) electrons. The van der Waals surface area contributed by atoms with Crippen LogP contribution in [0, 0.1) is 0 Å². The smallest absolute Gasteiger partial charge is 0.291 e. The van der Waals surface area contributed by atoms with Gasteiger partial charge in [-0.05, 0) is 50.2 Å². The standard InChI is InChI=1S/C19H21N5O2/c25-19(17-8-7-14(26-17)13-24-10-4-1-5-11-24)22-16-12-21-23-18(16)15-6-2-3-9-20-15/h2-3,6-9,12H,1,4-5,10-11,13H2,(H,21,23)(H,22,25). The van der Waals surface area contributed by atoms with Crippen LogP contribution in [0.3, 0.4) is 0 Å². The third-order valence-corrected chi connectivity index (χ3v) is 4.52. The number of likely N-dealkylation sites (tertiary alicyclic amines) is 1. The van der Waals surface area contributed by atoms with Crippen molar-refractivity contribution in [3.05, 3.63) is 54.2 Å². The van der Waals surface area contributed by atoms with E-state index in [-0.39, 0.29) is 5.91 Å². The van der Waals surface area contributed by atoms with Crippen molar-refractivity contribution in [2.24, 2.45) is 0 Å². The molecule has 0 saturated carbocycles. The summed E-state index contributed by atoms with van der Waals surface area (Å²) in [6.45, 7) is 2.92. The third-order valence-electron chi connectivity index (χ3n) is 4.52. The van der Waals surface area contributed by atoms with E-state index in [0.29, 0.717) is 22.8 Å². The summed E-state index contributed by atoms with van der Waals surface area (Å²) in [7, 11) is 0. The molecule has 1 aliphatic heterocycles. The van der Waals surface area contributed by atoms with Gasteiger partial charge in [-0.3, -0.25) is 19.8 Å². The molecule has 1 amide bonds. The minimum atomic E-state index is -0.298. The van der Waals surface area contributed by atoms with E-state index in [9.17, 15) is 4.79 Å². The molecule has 7 heteroatoms. The minimum Gasteiger partial charge on any atom is -0.455 e. The summed E-state index contributed by atoms with van der Waals surface area (Å²) in [5, 5.41) is 9.73. The van der Waals surface area contributed by atoms with Gasteiger partial charge in [0.15, 0.2) is 5.76 Å². The first kappa shape index (κ1) is 16.5. The number of piperidine rings is 1. The molecule has 1 fully saturated rings. The van der Waals surface area contributed by atoms with Gasteiger partial charge in [0.25, 0.3) is 5.91 Å². The summed E-state index contributed by atoms with van der Waals surface area (Å²) in [4.78, 5) is 19.2. The highest BCUT2D eigenvalue weighted by Crippen LogP contribution is 2.24. The van der Waals surface area contributed by atoms with Crippen LogP contribution in [0.4, 0.5) is 5.69 Å². The Morgan fingerprint density at radius 3 is 2.88 bits per heavy atom. The number of furan rings is 1. The Balaban J connectivity index is 1.44. The lowest BCUT2D eigenvalue weighted by Crippen LogP contribution is -2.28. The summed E-state index contributed by atoms with van der Waals surface area (Å²) in [6.07, 6.45) is 7.02. The van der Waals surface area contributed by atoms with Crippen molar-refractivity contribution in [2.75, 3.05) is 18.4 Å². The zero-order chi connectivity index (χ0) is 17.8. The first-order chi connectivity index (χ1) is 12.8. The van der Waals surface area contributed by atoms with Crippen LogP contribution in [0.25, 0.3) is 11.4 Å². The number of H-pyrrole nitrogens is 1. The number of anilines is 1. The lowest BCUT2D eigenvalue weighted by molar-refractivity contribution is 0.0992. The van der Waals surface area contributed by atoms with E-state index in [1.165, 1.54) is 19.3 Å². The number of pyridine rings is 1. The highest BCUT2D eigenvalue weighted by Gasteiger charge is 2.17. The number of carbonyl (C=O) groups is 1. The van der Waals surface area contributed by atoms with Gasteiger partial charge in [-0.15, -0.1) is 0 Å². The van der Waals surface area contributed by atoms with Gasteiger partial charge in [-0.1, -0.05) is 12.5 Å². The molecule has 0 spiro atoms. The molecule has 7 nitrogen and oxygen atoms in total. The number of hydrogen-bond acceptors (Lipinski definition) is 5. The van der Waals surface area contributed by atoms with E-state index in [1.54, 1.807) is 18.5 Å². The molecule has 134 valence electrons. The Morgan fingerprint density at radius 2 is 2.08 bits per heavy atom. The second-order valence-corrected chi connectivity index (χ2v) is 6.43. The zero-order valence-corrected chi connectivity index (χ0v) is 14.4. The van der Waals surface area contributed by atoms with E-state index in [1.807, 2.05) is 24.3 Å². The van der Waals surface area contributed by atoms with E-state index < -0.39 is 0 Å². The highest BCUT2D eigenvalue weighted by molar-refractivity contribution is 6.03. The van der Waals surface area contributed by atoms with Crippen LogP contribution in [0.15, 0.2) is 47.1 Å². The van der Waals surface area contributed by atoms with Crippen LogP contribution < -0.4 is 5.32 Å². The van der Waals surface area contributed by atoms with Gasteiger partial charge in [0, 0.05) is 6.20 Å². The summed E-state index contributed by atoms with van der Waals surface area (Å²) in [6, 6.07) is 9.17. The van der Waals surface area contributed by atoms with E-state index in [0.717, 1.165) is 25.4 Å². The number of nitrogens with zero attached hydrogens (tertiary/aromatic N) is 3. The number of aromatic nitrogens is 3. The van der Waals surface area contributed by atoms with Crippen molar-refractivity contribution in [1.29, 1.82) is 0 Å². The monoisotopic (exact) mass is 351 g/mol. The van der Waals surface area contributed by atoms with Crippen LogP contribution in [-0.4, -0.2) is 39.1 Å². The first-order valence-corrected chi connectivity index (χ1v) is 8.87. The fourth-order valence-corrected chi connectivity index (χ4v) is 3.19. The van der Waals surface area contributed by atoms with Gasteiger partial charge < -0.3 is 9.73 Å². The van der Waals surface area contributed by atoms with Gasteiger partial charge in [-0.2, -0.15) is 5.10 Å². The van der Waals surface area contributed by atoms with Crippen molar-refractivity contribution >= 4 is 11.6 Å². The lowest BCUT2D eigenvalue weighted by atomic mass is 10.1. The van der Waals surface area contributed by atoms with E-state index >= 15 is 0 Å². The zero-order valence-electron chi connectivity index (χ0n) is 14.4. The number of nitrogens with one attached hydrogen (secondary N) is 2. The minimum absolute atomic E-state index is 0.296. The summed E-state index contributed by atoms with van der Waals surface area (Å²) >= 11 is 0. The maximum atomic E-state index is 12.5. The summed E-state index contributed by atoms with van der Waals surface area (Å²) < 4.78 is 5.74. The molecular weight excluding hydrogens is 330 g/mol. The van der Waals surface area contributed by atoms with E-state index in [2.05, 4.69) is 25.4 Å². The second kappa shape index (κ2) is 7.53. The number of carbonyl (C=O) groups excluding carboxylic acids is 1. The number of hydrogen-bond donors (Lipinski definition) is 2. The topological polar surface area (TPSA) is 87.0 Å². The van der Waals surface area contributed by atoms with Crippen LogP contribution >= 0.6 is 0 Å². The summed E-state index contributed by atoms with van der Waals surface area (Å²) in [5.41, 5.74) is 1.95. The Morgan fingerprint density at radius 1 is 1.19 bits per heavy atom. The quantitative estimate of drug-likeness (QED) is 0.736. The predicted molar refractivity (Wildman–Crippen MR) is 97.6 cm³/mol. The molecule has 1 saturated heterocycles. The first-order valence-electron chi connectivity index (χ1n) is 8.87. The average molecular weight is 351 g/mol. The van der Waals surface area contributed by atoms with Crippen molar-refractivity contribution in [2.45, 2.75) is 25.8 Å². The number of amides is 1. The summed E-state index contributed by atoms with van der Waals surface area (Å²) in [5.74, 6) is 0.813. The fourth-order valence-electron chi connectivity index (χ4n) is 3.19. The van der Waals surface area contributed by atoms with Crippen molar-refractivity contribution in [3.8, 4) is 11.4 Å². The van der Waals surface area contributed by atoms with Gasteiger partial charge >= 0.3 is 0 Å². The van der Waals surface area contributed by atoms with Crippen molar-refractivity contribution < 1.29 is 9.21 Å². The van der Waals surface area contributed by atoms with Crippen molar-refractivity contribution in [1.82, 2.24) is 20.1 Å².